The van der Waals surface area contributed by atoms with Gasteiger partial charge in [0.25, 0.3) is 0 Å². The van der Waals surface area contributed by atoms with Crippen LogP contribution >= 0.6 is 0 Å². The van der Waals surface area contributed by atoms with Gasteiger partial charge in [-0.1, -0.05) is 12.1 Å². The van der Waals surface area contributed by atoms with Gasteiger partial charge in [-0.25, -0.2) is 21.2 Å². The van der Waals surface area contributed by atoms with Crippen LogP contribution in [0.4, 0.5) is 4.39 Å². The van der Waals surface area contributed by atoms with Gasteiger partial charge in [0.1, 0.15) is 26.1 Å². The molecule has 0 amide bonds. The van der Waals surface area contributed by atoms with E-state index in [-0.39, 0.29) is 70.2 Å². The van der Waals surface area contributed by atoms with Crippen molar-refractivity contribution < 1.29 is 94.2 Å². The second-order valence-corrected chi connectivity index (χ2v) is 7.14. The van der Waals surface area contributed by atoms with Crippen LogP contribution in [0.5, 0.6) is 0 Å². The monoisotopic (exact) mass is 404 g/mol. The normalized spacial score (nSPS) is 11.2. The van der Waals surface area contributed by atoms with Gasteiger partial charge < -0.3 is 9.11 Å². The molecule has 0 aromatic heterocycles. The molecule has 0 radical (unpaired) electrons. The number of carbonyl (C=O) groups excluding carboxylic acids is 1. The van der Waals surface area contributed by atoms with Gasteiger partial charge in [0, 0.05) is 11.1 Å². The van der Waals surface area contributed by atoms with E-state index >= 15 is 0 Å². The first-order chi connectivity index (χ1) is 10.5. The molecule has 0 spiro atoms. The summed E-state index contributed by atoms with van der Waals surface area (Å²) >= 11 is 0. The maximum Gasteiger partial charge on any atom is 1.00 e. The molecule has 0 aliphatic carbocycles. The molecule has 0 unspecified atom stereocenters. The van der Waals surface area contributed by atoms with E-state index in [1.807, 2.05) is 0 Å². The van der Waals surface area contributed by atoms with Crippen LogP contribution in [0, 0.1) is 5.82 Å². The average molecular weight is 404 g/mol. The summed E-state index contributed by atoms with van der Waals surface area (Å²) in [4.78, 5) is 10.4. The van der Waals surface area contributed by atoms with E-state index in [4.69, 9.17) is 0 Å². The third kappa shape index (κ3) is 6.21. The van der Waals surface area contributed by atoms with E-state index in [0.717, 1.165) is 24.3 Å². The molecular weight excluding hydrogens is 397 g/mol. The van der Waals surface area contributed by atoms with E-state index in [0.29, 0.717) is 12.1 Å². The van der Waals surface area contributed by atoms with E-state index < -0.39 is 41.6 Å². The molecule has 7 nitrogen and oxygen atoms in total. The van der Waals surface area contributed by atoms with Crippen molar-refractivity contribution in [2.45, 2.75) is 9.79 Å². The number of carbonyl (C=O) groups is 1. The van der Waals surface area contributed by atoms with Crippen LogP contribution in [0.3, 0.4) is 0 Å². The third-order valence-corrected chi connectivity index (χ3v) is 4.53. The number of rotatable bonds is 4. The molecule has 2 aromatic carbocycles. The molecule has 0 aliphatic rings. The van der Waals surface area contributed by atoms with Gasteiger partial charge in [0.2, 0.25) is 0 Å². The Bertz CT molecular complexity index is 1000. The number of hydrogen-bond donors (Lipinski definition) is 0. The molecular formula is C13H7FNa2O7S2. The Balaban J connectivity index is 0.00000288. The van der Waals surface area contributed by atoms with Gasteiger partial charge >= 0.3 is 59.1 Å². The molecule has 122 valence electrons. The minimum Gasteiger partial charge on any atom is -0.744 e. The standard InChI is InChI=1S/C13H9FO7S2.2Na/c14-11-5-4-9(7-12(11)23(19,20)21)13(15)8-2-1-3-10(6-8)22(16,17)18;;/h1-7H,(H,16,17,18)(H,19,20,21);;/q;2*+1/p-2. The molecule has 12 heteroatoms. The van der Waals surface area contributed by atoms with E-state index in [2.05, 4.69) is 0 Å². The second-order valence-electron chi connectivity index (χ2n) is 4.41. The Morgan fingerprint density at radius 1 is 0.840 bits per heavy atom. The average Bonchev–Trinajstić information content (AvgIpc) is 2.45. The van der Waals surface area contributed by atoms with Crippen molar-refractivity contribution >= 4 is 26.0 Å². The van der Waals surface area contributed by atoms with Crippen LogP contribution in [0.15, 0.2) is 52.3 Å². The van der Waals surface area contributed by atoms with Crippen molar-refractivity contribution in [1.29, 1.82) is 0 Å². The van der Waals surface area contributed by atoms with Crippen LogP contribution in [0.1, 0.15) is 15.9 Å². The number of ketones is 1. The van der Waals surface area contributed by atoms with Crippen LogP contribution in [-0.4, -0.2) is 31.7 Å². The molecule has 2 rings (SSSR count). The van der Waals surface area contributed by atoms with Crippen LogP contribution in [-0.2, 0) is 20.2 Å². The van der Waals surface area contributed by atoms with Crippen LogP contribution in [0.2, 0.25) is 0 Å². The molecule has 0 saturated heterocycles. The van der Waals surface area contributed by atoms with Gasteiger partial charge in [0.15, 0.2) is 5.78 Å². The molecule has 0 saturated carbocycles. The molecule has 0 N–H and O–H groups in total. The van der Waals surface area contributed by atoms with Crippen molar-refractivity contribution in [3.63, 3.8) is 0 Å². The Morgan fingerprint density at radius 3 is 1.92 bits per heavy atom. The summed E-state index contributed by atoms with van der Waals surface area (Å²) in [5.41, 5.74) is -0.580. The Hall–Kier alpha value is -0.140. The van der Waals surface area contributed by atoms with Crippen molar-refractivity contribution in [2.75, 3.05) is 0 Å². The summed E-state index contributed by atoms with van der Waals surface area (Å²) in [5.74, 6) is -2.19. The minimum absolute atomic E-state index is 0. The van der Waals surface area contributed by atoms with Crippen molar-refractivity contribution in [3.05, 3.63) is 59.4 Å². The van der Waals surface area contributed by atoms with Gasteiger partial charge in [-0.2, -0.15) is 0 Å². The van der Waals surface area contributed by atoms with E-state index in [9.17, 15) is 35.1 Å². The molecule has 0 aliphatic heterocycles. The van der Waals surface area contributed by atoms with Crippen LogP contribution < -0.4 is 59.1 Å². The fourth-order valence-electron chi connectivity index (χ4n) is 1.80. The summed E-state index contributed by atoms with van der Waals surface area (Å²) < 4.78 is 78.9. The topological polar surface area (TPSA) is 131 Å². The smallest absolute Gasteiger partial charge is 0.744 e. The molecule has 0 bridgehead atoms. The third-order valence-electron chi connectivity index (χ3n) is 2.85. The largest absolute Gasteiger partial charge is 1.00 e. The summed E-state index contributed by atoms with van der Waals surface area (Å²) in [5, 5.41) is 0. The van der Waals surface area contributed by atoms with Crippen molar-refractivity contribution in [3.8, 4) is 0 Å². The zero-order valence-corrected chi connectivity index (χ0v) is 18.7. The predicted molar refractivity (Wildman–Crippen MR) is 72.2 cm³/mol. The fourth-order valence-corrected chi connectivity index (χ4v) is 2.89. The molecule has 2 aromatic rings. The van der Waals surface area contributed by atoms with Gasteiger partial charge in [-0.3, -0.25) is 4.79 Å². The maximum absolute atomic E-state index is 13.3. The van der Waals surface area contributed by atoms with Crippen LogP contribution in [0.25, 0.3) is 0 Å². The quantitative estimate of drug-likeness (QED) is 0.283. The molecule has 0 atom stereocenters. The number of halogens is 1. The van der Waals surface area contributed by atoms with E-state index in [1.165, 1.54) is 6.07 Å². The molecule has 0 heterocycles. The van der Waals surface area contributed by atoms with Gasteiger partial charge in [-0.15, -0.1) is 0 Å². The first-order valence-corrected chi connectivity index (χ1v) is 8.68. The van der Waals surface area contributed by atoms with Gasteiger partial charge in [0.05, 0.1) is 9.79 Å². The van der Waals surface area contributed by atoms with Crippen molar-refractivity contribution in [1.82, 2.24) is 0 Å². The number of hydrogen-bond acceptors (Lipinski definition) is 7. The zero-order valence-electron chi connectivity index (χ0n) is 13.1. The SMILES string of the molecule is O=C(c1cccc(S(=O)(=O)[O-])c1)c1ccc(F)c(S(=O)(=O)[O-])c1.[Na+].[Na+]. The molecule has 25 heavy (non-hydrogen) atoms. The Labute approximate surface area is 187 Å². The van der Waals surface area contributed by atoms with Crippen molar-refractivity contribution in [2.24, 2.45) is 0 Å². The summed E-state index contributed by atoms with van der Waals surface area (Å²) in [6.45, 7) is 0. The Morgan fingerprint density at radius 2 is 1.40 bits per heavy atom. The summed E-state index contributed by atoms with van der Waals surface area (Å²) in [6.07, 6.45) is 0. The number of benzene rings is 2. The predicted octanol–water partition coefficient (Wildman–Crippen LogP) is -5.13. The van der Waals surface area contributed by atoms with Gasteiger partial charge in [-0.05, 0) is 30.3 Å². The fraction of sp³-hybridized carbons (Fsp3) is 0. The molecule has 0 fully saturated rings. The Kier molecular flexibility index (Phi) is 9.13. The first-order valence-electron chi connectivity index (χ1n) is 5.86. The minimum atomic E-state index is -5.13. The second kappa shape index (κ2) is 9.18. The first kappa shape index (κ1) is 24.9. The zero-order chi connectivity index (χ0) is 17.4. The van der Waals surface area contributed by atoms with E-state index in [1.54, 1.807) is 0 Å². The maximum atomic E-state index is 13.3. The summed E-state index contributed by atoms with van der Waals surface area (Å²) in [6, 6.07) is 6.24. The summed E-state index contributed by atoms with van der Waals surface area (Å²) in [7, 11) is -9.91.